The standard InChI is InChI=1S/C14H23N3O2S/c1-9(2)12(14(19)16-8-10(3)15-4)17-13(18)11-6-5-7-20-11/h5-7,9-10,12,15H,8H2,1-4H3,(H,16,19)(H,17,18). The Balaban J connectivity index is 2.60. The second-order valence-electron chi connectivity index (χ2n) is 5.11. The van der Waals surface area contributed by atoms with E-state index in [0.717, 1.165) is 0 Å². The van der Waals surface area contributed by atoms with Gasteiger partial charge in [0.15, 0.2) is 0 Å². The van der Waals surface area contributed by atoms with Gasteiger partial charge in [-0.1, -0.05) is 19.9 Å². The molecular formula is C14H23N3O2S. The van der Waals surface area contributed by atoms with E-state index in [1.807, 2.05) is 39.3 Å². The highest BCUT2D eigenvalue weighted by Gasteiger charge is 2.24. The van der Waals surface area contributed by atoms with E-state index in [4.69, 9.17) is 0 Å². The average molecular weight is 297 g/mol. The molecule has 0 aliphatic heterocycles. The van der Waals surface area contributed by atoms with Gasteiger partial charge in [-0.3, -0.25) is 9.59 Å². The van der Waals surface area contributed by atoms with E-state index in [2.05, 4.69) is 16.0 Å². The summed E-state index contributed by atoms with van der Waals surface area (Å²) < 4.78 is 0. The summed E-state index contributed by atoms with van der Waals surface area (Å²) in [6.45, 7) is 6.35. The number of likely N-dealkylation sites (N-methyl/N-ethyl adjacent to an activating group) is 1. The topological polar surface area (TPSA) is 70.2 Å². The molecule has 0 aliphatic rings. The Labute approximate surface area is 124 Å². The number of hydrogen-bond acceptors (Lipinski definition) is 4. The fourth-order valence-corrected chi connectivity index (χ4v) is 2.25. The quantitative estimate of drug-likeness (QED) is 0.709. The Kier molecular flexibility index (Phi) is 6.67. The first-order chi connectivity index (χ1) is 9.45. The second kappa shape index (κ2) is 8.01. The number of hydrogen-bond donors (Lipinski definition) is 3. The molecule has 112 valence electrons. The molecule has 5 nitrogen and oxygen atoms in total. The zero-order chi connectivity index (χ0) is 15.1. The summed E-state index contributed by atoms with van der Waals surface area (Å²) >= 11 is 1.36. The zero-order valence-electron chi connectivity index (χ0n) is 12.4. The number of nitrogens with one attached hydrogen (secondary N) is 3. The smallest absolute Gasteiger partial charge is 0.262 e. The minimum Gasteiger partial charge on any atom is -0.353 e. The number of carbonyl (C=O) groups excluding carboxylic acids is 2. The molecule has 3 N–H and O–H groups in total. The van der Waals surface area contributed by atoms with Crippen molar-refractivity contribution in [3.63, 3.8) is 0 Å². The minimum atomic E-state index is -0.520. The Hall–Kier alpha value is -1.40. The fraction of sp³-hybridized carbons (Fsp3) is 0.571. The normalized spacial score (nSPS) is 13.8. The second-order valence-corrected chi connectivity index (χ2v) is 6.06. The van der Waals surface area contributed by atoms with Crippen molar-refractivity contribution in [1.82, 2.24) is 16.0 Å². The molecule has 1 aromatic rings. The van der Waals surface area contributed by atoms with E-state index in [1.165, 1.54) is 11.3 Å². The maximum atomic E-state index is 12.2. The summed E-state index contributed by atoms with van der Waals surface area (Å²) in [6.07, 6.45) is 0. The van der Waals surface area contributed by atoms with Crippen LogP contribution in [0.1, 0.15) is 30.4 Å². The molecule has 20 heavy (non-hydrogen) atoms. The third-order valence-electron chi connectivity index (χ3n) is 3.06. The van der Waals surface area contributed by atoms with Gasteiger partial charge in [-0.15, -0.1) is 11.3 Å². The fourth-order valence-electron chi connectivity index (χ4n) is 1.62. The van der Waals surface area contributed by atoms with E-state index in [9.17, 15) is 9.59 Å². The van der Waals surface area contributed by atoms with E-state index in [-0.39, 0.29) is 23.8 Å². The summed E-state index contributed by atoms with van der Waals surface area (Å²) in [4.78, 5) is 24.8. The molecule has 0 radical (unpaired) electrons. The third kappa shape index (κ3) is 4.94. The van der Waals surface area contributed by atoms with Crippen molar-refractivity contribution < 1.29 is 9.59 Å². The van der Waals surface area contributed by atoms with Crippen molar-refractivity contribution in [1.29, 1.82) is 0 Å². The van der Waals surface area contributed by atoms with Crippen molar-refractivity contribution in [2.75, 3.05) is 13.6 Å². The first-order valence-corrected chi connectivity index (χ1v) is 7.63. The number of amides is 2. The first-order valence-electron chi connectivity index (χ1n) is 6.75. The monoisotopic (exact) mass is 297 g/mol. The first kappa shape index (κ1) is 16.7. The number of rotatable bonds is 7. The van der Waals surface area contributed by atoms with Gasteiger partial charge < -0.3 is 16.0 Å². The lowest BCUT2D eigenvalue weighted by atomic mass is 10.0. The van der Waals surface area contributed by atoms with Crippen LogP contribution in [0.15, 0.2) is 17.5 Å². The van der Waals surface area contributed by atoms with Crippen LogP contribution < -0.4 is 16.0 Å². The van der Waals surface area contributed by atoms with Crippen LogP contribution in [0, 0.1) is 5.92 Å². The van der Waals surface area contributed by atoms with Gasteiger partial charge in [0.2, 0.25) is 5.91 Å². The van der Waals surface area contributed by atoms with E-state index in [1.54, 1.807) is 6.07 Å². The van der Waals surface area contributed by atoms with Crippen molar-refractivity contribution >= 4 is 23.2 Å². The van der Waals surface area contributed by atoms with Crippen LogP contribution in [0.3, 0.4) is 0 Å². The van der Waals surface area contributed by atoms with Crippen LogP contribution in [0.5, 0.6) is 0 Å². The van der Waals surface area contributed by atoms with Crippen LogP contribution in [0.2, 0.25) is 0 Å². The maximum Gasteiger partial charge on any atom is 0.262 e. The largest absolute Gasteiger partial charge is 0.353 e. The van der Waals surface area contributed by atoms with Gasteiger partial charge in [0.1, 0.15) is 6.04 Å². The van der Waals surface area contributed by atoms with Gasteiger partial charge in [0, 0.05) is 12.6 Å². The summed E-state index contributed by atoms with van der Waals surface area (Å²) in [6, 6.07) is 3.24. The molecule has 2 atom stereocenters. The highest BCUT2D eigenvalue weighted by Crippen LogP contribution is 2.10. The Morgan fingerprint density at radius 3 is 2.50 bits per heavy atom. The van der Waals surface area contributed by atoms with E-state index >= 15 is 0 Å². The van der Waals surface area contributed by atoms with Crippen molar-refractivity contribution in [2.24, 2.45) is 5.92 Å². The van der Waals surface area contributed by atoms with Gasteiger partial charge in [0.05, 0.1) is 4.88 Å². The zero-order valence-corrected chi connectivity index (χ0v) is 13.2. The molecule has 0 bridgehead atoms. The van der Waals surface area contributed by atoms with E-state index in [0.29, 0.717) is 11.4 Å². The van der Waals surface area contributed by atoms with Crippen molar-refractivity contribution in [3.05, 3.63) is 22.4 Å². The molecule has 0 spiro atoms. The van der Waals surface area contributed by atoms with Gasteiger partial charge >= 0.3 is 0 Å². The highest BCUT2D eigenvalue weighted by molar-refractivity contribution is 7.12. The van der Waals surface area contributed by atoms with Crippen LogP contribution in [-0.4, -0.2) is 37.5 Å². The minimum absolute atomic E-state index is 0.0313. The Morgan fingerprint density at radius 2 is 2.00 bits per heavy atom. The van der Waals surface area contributed by atoms with Crippen molar-refractivity contribution in [3.8, 4) is 0 Å². The van der Waals surface area contributed by atoms with Gasteiger partial charge in [-0.25, -0.2) is 0 Å². The summed E-state index contributed by atoms with van der Waals surface area (Å²) in [5.41, 5.74) is 0. The number of thiophene rings is 1. The van der Waals surface area contributed by atoms with Gasteiger partial charge in [-0.2, -0.15) is 0 Å². The Morgan fingerprint density at radius 1 is 1.30 bits per heavy atom. The highest BCUT2D eigenvalue weighted by atomic mass is 32.1. The molecule has 0 saturated heterocycles. The lowest BCUT2D eigenvalue weighted by Crippen LogP contribution is -2.51. The molecule has 1 rings (SSSR count). The summed E-state index contributed by atoms with van der Waals surface area (Å²) in [5.74, 6) is -0.314. The average Bonchev–Trinajstić information content (AvgIpc) is 2.95. The van der Waals surface area contributed by atoms with Crippen molar-refractivity contribution in [2.45, 2.75) is 32.9 Å². The number of carbonyl (C=O) groups is 2. The van der Waals surface area contributed by atoms with E-state index < -0.39 is 6.04 Å². The molecule has 0 fully saturated rings. The molecule has 2 unspecified atom stereocenters. The van der Waals surface area contributed by atoms with Crippen LogP contribution in [-0.2, 0) is 4.79 Å². The van der Waals surface area contributed by atoms with Crippen LogP contribution in [0.25, 0.3) is 0 Å². The third-order valence-corrected chi connectivity index (χ3v) is 3.92. The molecule has 1 aromatic heterocycles. The molecule has 0 saturated carbocycles. The lowest BCUT2D eigenvalue weighted by molar-refractivity contribution is -0.124. The summed E-state index contributed by atoms with van der Waals surface area (Å²) in [5, 5.41) is 10.5. The molecular weight excluding hydrogens is 274 g/mol. The molecule has 6 heteroatoms. The lowest BCUT2D eigenvalue weighted by Gasteiger charge is -2.22. The molecule has 1 heterocycles. The van der Waals surface area contributed by atoms with Crippen LogP contribution >= 0.6 is 11.3 Å². The van der Waals surface area contributed by atoms with Gasteiger partial charge in [-0.05, 0) is 31.3 Å². The predicted octanol–water partition coefficient (Wildman–Crippen LogP) is 1.23. The SMILES string of the molecule is CNC(C)CNC(=O)C(NC(=O)c1cccs1)C(C)C. The van der Waals surface area contributed by atoms with Gasteiger partial charge in [0.25, 0.3) is 5.91 Å². The summed E-state index contributed by atoms with van der Waals surface area (Å²) in [7, 11) is 1.84. The maximum absolute atomic E-state index is 12.2. The molecule has 0 aromatic carbocycles. The molecule has 0 aliphatic carbocycles. The van der Waals surface area contributed by atoms with Crippen LogP contribution in [0.4, 0.5) is 0 Å². The molecule has 2 amide bonds. The Bertz CT molecular complexity index is 432. The predicted molar refractivity (Wildman–Crippen MR) is 81.9 cm³/mol.